The molecule has 0 radical (unpaired) electrons. The van der Waals surface area contributed by atoms with Gasteiger partial charge in [-0.05, 0) is 55.7 Å². The highest BCUT2D eigenvalue weighted by molar-refractivity contribution is 7.86. The van der Waals surface area contributed by atoms with Crippen molar-refractivity contribution in [2.24, 2.45) is 0 Å². The molecule has 0 amide bonds. The van der Waals surface area contributed by atoms with E-state index in [1.807, 2.05) is 25.1 Å². The van der Waals surface area contributed by atoms with Gasteiger partial charge in [0.2, 0.25) is 0 Å². The Labute approximate surface area is 190 Å². The lowest BCUT2D eigenvalue weighted by atomic mass is 10.1. The minimum Gasteiger partial charge on any atom is -0.495 e. The van der Waals surface area contributed by atoms with Gasteiger partial charge in [0, 0.05) is 24.1 Å². The van der Waals surface area contributed by atoms with Crippen LogP contribution in [-0.4, -0.2) is 27.3 Å². The zero-order valence-electron chi connectivity index (χ0n) is 17.9. The molecule has 1 fully saturated rings. The van der Waals surface area contributed by atoms with E-state index in [2.05, 4.69) is 15.0 Å². The fraction of sp³-hybridized carbons (Fsp3) is 0.391. The van der Waals surface area contributed by atoms with Gasteiger partial charge in [-0.15, -0.1) is 0 Å². The molecular formula is C23H28N4O2S2. The van der Waals surface area contributed by atoms with Crippen LogP contribution in [0.5, 0.6) is 5.75 Å². The van der Waals surface area contributed by atoms with Crippen molar-refractivity contribution in [2.75, 3.05) is 17.1 Å². The first-order chi connectivity index (χ1) is 15.1. The lowest BCUT2D eigenvalue weighted by Crippen LogP contribution is -2.17. The monoisotopic (exact) mass is 456 g/mol. The smallest absolute Gasteiger partial charge is 0.183 e. The van der Waals surface area contributed by atoms with Crippen molar-refractivity contribution < 1.29 is 8.95 Å². The normalized spacial score (nSPS) is 15.8. The number of pyridine rings is 1. The molecule has 6 nitrogen and oxygen atoms in total. The molecule has 3 aromatic rings. The summed E-state index contributed by atoms with van der Waals surface area (Å²) >= 11 is 1.66. The number of rotatable bonds is 7. The summed E-state index contributed by atoms with van der Waals surface area (Å²) in [5, 5.41) is 4.61. The molecule has 1 unspecified atom stereocenters. The maximum absolute atomic E-state index is 13.0. The fourth-order valence-electron chi connectivity index (χ4n) is 3.87. The highest BCUT2D eigenvalue weighted by atomic mass is 32.2. The van der Waals surface area contributed by atoms with Gasteiger partial charge in [0.1, 0.15) is 10.6 Å². The average Bonchev–Trinajstić information content (AvgIpc) is 2.97. The average molecular weight is 457 g/mol. The maximum Gasteiger partial charge on any atom is 0.183 e. The maximum atomic E-state index is 13.0. The van der Waals surface area contributed by atoms with E-state index >= 15 is 0 Å². The molecule has 1 aromatic carbocycles. The number of ether oxygens (including phenoxy) is 1. The van der Waals surface area contributed by atoms with Gasteiger partial charge in [-0.3, -0.25) is 4.98 Å². The van der Waals surface area contributed by atoms with Crippen LogP contribution in [0.3, 0.4) is 0 Å². The third-order valence-electron chi connectivity index (χ3n) is 5.50. The molecule has 1 atom stereocenters. The number of hydrogen-bond donors (Lipinski definition) is 2. The molecular weight excluding hydrogens is 428 g/mol. The molecule has 8 heteroatoms. The molecule has 2 heterocycles. The summed E-state index contributed by atoms with van der Waals surface area (Å²) in [5.74, 6) is 0.586. The van der Waals surface area contributed by atoms with E-state index in [0.29, 0.717) is 16.7 Å². The second-order valence-electron chi connectivity index (χ2n) is 7.74. The van der Waals surface area contributed by atoms with Crippen molar-refractivity contribution in [3.05, 3.63) is 48.4 Å². The number of aryl methyl sites for hydroxylation is 1. The number of methoxy groups -OCH3 is 1. The number of hydrogen-bond acceptors (Lipinski definition) is 6. The second kappa shape index (κ2) is 10.2. The molecule has 4 rings (SSSR count). The van der Waals surface area contributed by atoms with Crippen LogP contribution < -0.4 is 14.8 Å². The van der Waals surface area contributed by atoms with E-state index in [4.69, 9.17) is 9.72 Å². The van der Waals surface area contributed by atoms with Crippen LogP contribution >= 0.6 is 11.3 Å². The molecule has 2 aromatic heterocycles. The summed E-state index contributed by atoms with van der Waals surface area (Å²) in [4.78, 5) is 10.5. The predicted octanol–water partition coefficient (Wildman–Crippen LogP) is 5.79. The summed E-state index contributed by atoms with van der Waals surface area (Å²) in [5.41, 5.74) is 2.71. The lowest BCUT2D eigenvalue weighted by molar-refractivity contribution is 0.404. The van der Waals surface area contributed by atoms with E-state index in [1.54, 1.807) is 43.0 Å². The first-order valence-electron chi connectivity index (χ1n) is 10.6. The van der Waals surface area contributed by atoms with Crippen LogP contribution in [0.15, 0.2) is 47.6 Å². The van der Waals surface area contributed by atoms with E-state index in [0.717, 1.165) is 27.0 Å². The number of nitrogens with one attached hydrogen (secondary N) is 2. The van der Waals surface area contributed by atoms with Gasteiger partial charge in [0.15, 0.2) is 16.1 Å². The zero-order chi connectivity index (χ0) is 21.6. The molecule has 0 bridgehead atoms. The van der Waals surface area contributed by atoms with Gasteiger partial charge in [-0.1, -0.05) is 37.0 Å². The third kappa shape index (κ3) is 5.43. The number of nitrogens with zero attached hydrogens (tertiary/aromatic N) is 2. The molecule has 0 aliphatic heterocycles. The van der Waals surface area contributed by atoms with Crippen LogP contribution in [0, 0.1) is 6.92 Å². The number of anilines is 2. The van der Waals surface area contributed by atoms with Crippen molar-refractivity contribution in [2.45, 2.75) is 56.4 Å². The van der Waals surface area contributed by atoms with E-state index in [-0.39, 0.29) is 0 Å². The molecule has 1 saturated carbocycles. The molecule has 164 valence electrons. The number of thiazole rings is 1. The summed E-state index contributed by atoms with van der Waals surface area (Å²) in [7, 11) is 0.121. The van der Waals surface area contributed by atoms with Gasteiger partial charge in [0.05, 0.1) is 17.7 Å². The Kier molecular flexibility index (Phi) is 7.19. The number of benzene rings is 1. The van der Waals surface area contributed by atoms with Crippen molar-refractivity contribution >= 4 is 33.1 Å². The highest BCUT2D eigenvalue weighted by Gasteiger charge is 2.18. The Morgan fingerprint density at radius 1 is 1.10 bits per heavy atom. The van der Waals surface area contributed by atoms with Gasteiger partial charge in [0.25, 0.3) is 0 Å². The van der Waals surface area contributed by atoms with Gasteiger partial charge >= 0.3 is 0 Å². The van der Waals surface area contributed by atoms with Crippen LogP contribution in [0.2, 0.25) is 0 Å². The standard InChI is InChI=1S/C23H28N4O2S2/c1-16-22(30-23(25-16)26-18-7-5-3-4-6-8-18)17-9-10-20(29-2)21(15-17)31(28)27-19-11-13-24-14-12-19/h9-15,18H,3-8H2,1-2H3,(H,24,27)(H,25,26). The minimum atomic E-state index is -1.47. The molecule has 0 spiro atoms. The second-order valence-corrected chi connectivity index (χ2v) is 9.92. The van der Waals surface area contributed by atoms with Crippen molar-refractivity contribution in [3.63, 3.8) is 0 Å². The zero-order valence-corrected chi connectivity index (χ0v) is 19.5. The molecule has 1 aliphatic carbocycles. The van der Waals surface area contributed by atoms with E-state index < -0.39 is 11.0 Å². The Hall–Kier alpha value is -2.45. The largest absolute Gasteiger partial charge is 0.495 e. The summed E-state index contributed by atoms with van der Waals surface area (Å²) in [6.07, 6.45) is 11.0. The van der Waals surface area contributed by atoms with Crippen LogP contribution in [-0.2, 0) is 11.0 Å². The van der Waals surface area contributed by atoms with Gasteiger partial charge < -0.3 is 14.8 Å². The fourth-order valence-corrected chi connectivity index (χ4v) is 5.94. The van der Waals surface area contributed by atoms with Gasteiger partial charge in [-0.25, -0.2) is 9.19 Å². The summed E-state index contributed by atoms with van der Waals surface area (Å²) in [6.45, 7) is 2.03. The summed E-state index contributed by atoms with van der Waals surface area (Å²) < 4.78 is 21.5. The van der Waals surface area contributed by atoms with Crippen molar-refractivity contribution in [1.29, 1.82) is 0 Å². The minimum absolute atomic E-state index is 0.504. The van der Waals surface area contributed by atoms with Gasteiger partial charge in [-0.2, -0.15) is 0 Å². The molecule has 31 heavy (non-hydrogen) atoms. The highest BCUT2D eigenvalue weighted by Crippen LogP contribution is 2.37. The Bertz CT molecular complexity index is 1030. The van der Waals surface area contributed by atoms with Crippen molar-refractivity contribution in [1.82, 2.24) is 9.97 Å². The van der Waals surface area contributed by atoms with Crippen LogP contribution in [0.25, 0.3) is 10.4 Å². The van der Waals surface area contributed by atoms with E-state index in [9.17, 15) is 4.21 Å². The Morgan fingerprint density at radius 2 is 1.84 bits per heavy atom. The van der Waals surface area contributed by atoms with E-state index in [1.165, 1.54) is 38.5 Å². The topological polar surface area (TPSA) is 76.1 Å². The molecule has 0 saturated heterocycles. The quantitative estimate of drug-likeness (QED) is 0.440. The predicted molar refractivity (Wildman–Crippen MR) is 128 cm³/mol. The number of aromatic nitrogens is 2. The summed E-state index contributed by atoms with van der Waals surface area (Å²) in [6, 6.07) is 9.87. The van der Waals surface area contributed by atoms with Crippen molar-refractivity contribution in [3.8, 4) is 16.2 Å². The first kappa shape index (κ1) is 21.8. The van der Waals surface area contributed by atoms with Crippen LogP contribution in [0.4, 0.5) is 10.8 Å². The molecule has 2 N–H and O–H groups in total. The Morgan fingerprint density at radius 3 is 2.55 bits per heavy atom. The Balaban J connectivity index is 1.57. The third-order valence-corrected chi connectivity index (χ3v) is 7.77. The first-order valence-corrected chi connectivity index (χ1v) is 12.6. The molecule has 1 aliphatic rings. The SMILES string of the molecule is COc1ccc(-c2sc(NC3CCCCCC3)nc2C)cc1S(=O)Nc1ccncc1. The van der Waals surface area contributed by atoms with Crippen LogP contribution in [0.1, 0.15) is 44.2 Å². The lowest BCUT2D eigenvalue weighted by Gasteiger charge is -2.14.